The fourth-order valence-corrected chi connectivity index (χ4v) is 2.40. The predicted octanol–water partition coefficient (Wildman–Crippen LogP) is 0.930. The first-order chi connectivity index (χ1) is 10.1. The lowest BCUT2D eigenvalue weighted by molar-refractivity contribution is -0.130. The van der Waals surface area contributed by atoms with Crippen LogP contribution >= 0.6 is 0 Å². The SMILES string of the molecule is C/C=C/C=C/C(=O)N1CCN(C(C)C(=O)NC2CC2)CC1. The number of amides is 2. The average Bonchev–Trinajstić information content (AvgIpc) is 3.30. The largest absolute Gasteiger partial charge is 0.352 e. The summed E-state index contributed by atoms with van der Waals surface area (Å²) in [5, 5.41) is 3.04. The first-order valence-corrected chi connectivity index (χ1v) is 7.74. The number of nitrogens with one attached hydrogen (secondary N) is 1. The molecule has 1 saturated carbocycles. The second kappa shape index (κ2) is 7.41. The monoisotopic (exact) mass is 291 g/mol. The van der Waals surface area contributed by atoms with E-state index in [2.05, 4.69) is 10.2 Å². The number of allylic oxidation sites excluding steroid dienone is 3. The van der Waals surface area contributed by atoms with Gasteiger partial charge in [-0.3, -0.25) is 14.5 Å². The molecule has 5 nitrogen and oxygen atoms in total. The van der Waals surface area contributed by atoms with Crippen LogP contribution in [0.1, 0.15) is 26.7 Å². The summed E-state index contributed by atoms with van der Waals surface area (Å²) in [7, 11) is 0. The van der Waals surface area contributed by atoms with Crippen molar-refractivity contribution in [1.82, 2.24) is 15.1 Å². The van der Waals surface area contributed by atoms with E-state index in [4.69, 9.17) is 0 Å². The van der Waals surface area contributed by atoms with Gasteiger partial charge in [0, 0.05) is 38.3 Å². The van der Waals surface area contributed by atoms with Gasteiger partial charge in [-0.05, 0) is 26.7 Å². The van der Waals surface area contributed by atoms with Crippen LogP contribution in [0.15, 0.2) is 24.3 Å². The highest BCUT2D eigenvalue weighted by atomic mass is 16.2. The molecule has 2 aliphatic rings. The topological polar surface area (TPSA) is 52.7 Å². The van der Waals surface area contributed by atoms with E-state index < -0.39 is 0 Å². The van der Waals surface area contributed by atoms with Crippen molar-refractivity contribution >= 4 is 11.8 Å². The van der Waals surface area contributed by atoms with Gasteiger partial charge in [0.05, 0.1) is 6.04 Å². The maximum Gasteiger partial charge on any atom is 0.246 e. The summed E-state index contributed by atoms with van der Waals surface area (Å²) < 4.78 is 0. The van der Waals surface area contributed by atoms with Crippen LogP contribution in [0.4, 0.5) is 0 Å². The Morgan fingerprint density at radius 2 is 1.81 bits per heavy atom. The molecule has 1 heterocycles. The Morgan fingerprint density at radius 3 is 2.38 bits per heavy atom. The minimum atomic E-state index is -0.110. The summed E-state index contributed by atoms with van der Waals surface area (Å²) in [5.74, 6) is 0.160. The molecular weight excluding hydrogens is 266 g/mol. The smallest absolute Gasteiger partial charge is 0.246 e. The average molecular weight is 291 g/mol. The molecule has 21 heavy (non-hydrogen) atoms. The molecule has 1 atom stereocenters. The van der Waals surface area contributed by atoms with Crippen molar-refractivity contribution in [3.8, 4) is 0 Å². The van der Waals surface area contributed by atoms with Crippen molar-refractivity contribution in [3.05, 3.63) is 24.3 Å². The van der Waals surface area contributed by atoms with E-state index in [0.29, 0.717) is 19.1 Å². The van der Waals surface area contributed by atoms with Crippen molar-refractivity contribution < 1.29 is 9.59 Å². The zero-order valence-corrected chi connectivity index (χ0v) is 12.9. The van der Waals surface area contributed by atoms with E-state index in [-0.39, 0.29) is 17.9 Å². The highest BCUT2D eigenvalue weighted by Crippen LogP contribution is 2.19. The molecule has 1 aliphatic carbocycles. The molecule has 2 fully saturated rings. The third-order valence-corrected chi connectivity index (χ3v) is 4.02. The number of nitrogens with zero attached hydrogens (tertiary/aromatic N) is 2. The van der Waals surface area contributed by atoms with E-state index >= 15 is 0 Å². The number of piperazine rings is 1. The molecule has 0 bridgehead atoms. The van der Waals surface area contributed by atoms with Gasteiger partial charge in [-0.15, -0.1) is 0 Å². The summed E-state index contributed by atoms with van der Waals surface area (Å²) in [6.07, 6.45) is 9.32. The Kier molecular flexibility index (Phi) is 5.56. The molecule has 0 aromatic heterocycles. The Morgan fingerprint density at radius 1 is 1.14 bits per heavy atom. The van der Waals surface area contributed by atoms with Gasteiger partial charge in [0.15, 0.2) is 0 Å². The molecule has 0 radical (unpaired) electrons. The van der Waals surface area contributed by atoms with Crippen LogP contribution in [0.5, 0.6) is 0 Å². The van der Waals surface area contributed by atoms with Gasteiger partial charge in [0.2, 0.25) is 11.8 Å². The van der Waals surface area contributed by atoms with Crippen LogP contribution in [-0.4, -0.2) is 59.9 Å². The summed E-state index contributed by atoms with van der Waals surface area (Å²) >= 11 is 0. The fraction of sp³-hybridized carbons (Fsp3) is 0.625. The molecule has 1 unspecified atom stereocenters. The third kappa shape index (κ3) is 4.70. The van der Waals surface area contributed by atoms with E-state index in [1.165, 1.54) is 0 Å². The minimum absolute atomic E-state index is 0.0443. The molecular formula is C16H25N3O2. The summed E-state index contributed by atoms with van der Waals surface area (Å²) in [4.78, 5) is 28.0. The van der Waals surface area contributed by atoms with Crippen molar-refractivity contribution in [2.75, 3.05) is 26.2 Å². The lowest BCUT2D eigenvalue weighted by atomic mass is 10.2. The Balaban J connectivity index is 1.76. The molecule has 1 saturated heterocycles. The minimum Gasteiger partial charge on any atom is -0.352 e. The van der Waals surface area contributed by atoms with Crippen LogP contribution in [0.3, 0.4) is 0 Å². The molecule has 2 rings (SSSR count). The van der Waals surface area contributed by atoms with Gasteiger partial charge in [-0.2, -0.15) is 0 Å². The van der Waals surface area contributed by atoms with Gasteiger partial charge in [0.25, 0.3) is 0 Å². The van der Waals surface area contributed by atoms with Gasteiger partial charge >= 0.3 is 0 Å². The number of hydrogen-bond donors (Lipinski definition) is 1. The van der Waals surface area contributed by atoms with Gasteiger partial charge in [-0.1, -0.05) is 18.2 Å². The lowest BCUT2D eigenvalue weighted by Crippen LogP contribution is -2.55. The molecule has 2 amide bonds. The first-order valence-electron chi connectivity index (χ1n) is 7.74. The molecule has 116 valence electrons. The van der Waals surface area contributed by atoms with E-state index in [0.717, 1.165) is 25.9 Å². The van der Waals surface area contributed by atoms with E-state index in [1.54, 1.807) is 12.2 Å². The van der Waals surface area contributed by atoms with Crippen LogP contribution in [-0.2, 0) is 9.59 Å². The predicted molar refractivity (Wildman–Crippen MR) is 82.7 cm³/mol. The van der Waals surface area contributed by atoms with E-state index in [9.17, 15) is 9.59 Å². The van der Waals surface area contributed by atoms with Crippen LogP contribution in [0, 0.1) is 0 Å². The van der Waals surface area contributed by atoms with Crippen molar-refractivity contribution in [1.29, 1.82) is 0 Å². The third-order valence-electron chi connectivity index (χ3n) is 4.02. The van der Waals surface area contributed by atoms with Crippen LogP contribution in [0.25, 0.3) is 0 Å². The standard InChI is InChI=1S/C16H25N3O2/c1-3-4-5-6-15(20)19-11-9-18(10-12-19)13(2)16(21)17-14-7-8-14/h3-6,13-14H,7-12H2,1-2H3,(H,17,21)/b4-3+,6-5+. The molecule has 1 N–H and O–H groups in total. The number of hydrogen-bond acceptors (Lipinski definition) is 3. The zero-order chi connectivity index (χ0) is 15.2. The number of carbonyl (C=O) groups excluding carboxylic acids is 2. The first kappa shape index (κ1) is 15.8. The van der Waals surface area contributed by atoms with E-state index in [1.807, 2.05) is 30.9 Å². The van der Waals surface area contributed by atoms with Crippen LogP contribution < -0.4 is 5.32 Å². The van der Waals surface area contributed by atoms with Gasteiger partial charge < -0.3 is 10.2 Å². The summed E-state index contributed by atoms with van der Waals surface area (Å²) in [5.41, 5.74) is 0. The highest BCUT2D eigenvalue weighted by Gasteiger charge is 2.30. The molecule has 5 heteroatoms. The molecule has 0 aromatic carbocycles. The maximum absolute atomic E-state index is 12.0. The molecule has 1 aliphatic heterocycles. The number of carbonyl (C=O) groups is 2. The summed E-state index contributed by atoms with van der Waals surface area (Å²) in [6, 6.07) is 0.293. The van der Waals surface area contributed by atoms with Crippen molar-refractivity contribution in [2.45, 2.75) is 38.8 Å². The summed E-state index contributed by atoms with van der Waals surface area (Å²) in [6.45, 7) is 6.73. The Bertz CT molecular complexity index is 433. The molecule has 0 spiro atoms. The Hall–Kier alpha value is -1.62. The van der Waals surface area contributed by atoms with Gasteiger partial charge in [0.1, 0.15) is 0 Å². The quantitative estimate of drug-likeness (QED) is 0.605. The normalized spacial score (nSPS) is 21.9. The zero-order valence-electron chi connectivity index (χ0n) is 12.9. The highest BCUT2D eigenvalue weighted by molar-refractivity contribution is 5.88. The van der Waals surface area contributed by atoms with Crippen molar-refractivity contribution in [2.24, 2.45) is 0 Å². The second-order valence-electron chi connectivity index (χ2n) is 5.70. The maximum atomic E-state index is 12.0. The van der Waals surface area contributed by atoms with Crippen molar-refractivity contribution in [3.63, 3.8) is 0 Å². The second-order valence-corrected chi connectivity index (χ2v) is 5.70. The fourth-order valence-electron chi connectivity index (χ4n) is 2.40. The molecule has 0 aromatic rings. The van der Waals surface area contributed by atoms with Gasteiger partial charge in [-0.25, -0.2) is 0 Å². The Labute approximate surface area is 126 Å². The number of rotatable bonds is 5. The van der Waals surface area contributed by atoms with Crippen LogP contribution in [0.2, 0.25) is 0 Å². The lowest BCUT2D eigenvalue weighted by Gasteiger charge is -2.37.